The second kappa shape index (κ2) is 8.23. The van der Waals surface area contributed by atoms with E-state index < -0.39 is 8.32 Å². The Hall–Kier alpha value is -0.123. The van der Waals surface area contributed by atoms with E-state index in [1.807, 2.05) is 6.08 Å². The first-order chi connectivity index (χ1) is 8.62. The summed E-state index contributed by atoms with van der Waals surface area (Å²) in [6, 6.07) is 0. The molecule has 2 atom stereocenters. The molecule has 0 bridgehead atoms. The van der Waals surface area contributed by atoms with E-state index in [4.69, 9.17) is 4.43 Å². The van der Waals surface area contributed by atoms with Crippen LogP contribution in [0.2, 0.25) is 18.1 Å². The fourth-order valence-corrected chi connectivity index (χ4v) is 2.51. The number of hydrogen-bond acceptors (Lipinski definition) is 2. The van der Waals surface area contributed by atoms with Crippen LogP contribution in [0.4, 0.5) is 0 Å². The quantitative estimate of drug-likeness (QED) is 0.396. The molecule has 0 heterocycles. The third-order valence-corrected chi connectivity index (χ3v) is 8.65. The van der Waals surface area contributed by atoms with Crippen molar-refractivity contribution in [2.75, 3.05) is 6.61 Å². The molecule has 114 valence electrons. The molecule has 0 aliphatic rings. The highest BCUT2D eigenvalue weighted by Crippen LogP contribution is 2.36. The summed E-state index contributed by atoms with van der Waals surface area (Å²) in [5.74, 6) is 0.159. The van der Waals surface area contributed by atoms with E-state index in [2.05, 4.69) is 53.8 Å². The lowest BCUT2D eigenvalue weighted by Gasteiger charge is -2.37. The number of allylic oxidation sites excluding steroid dienone is 1. The molecule has 0 spiro atoms. The first kappa shape index (κ1) is 18.9. The molecule has 0 aromatic carbocycles. The molecular formula is C16H34O2Si. The van der Waals surface area contributed by atoms with Gasteiger partial charge in [0.1, 0.15) is 0 Å². The summed E-state index contributed by atoms with van der Waals surface area (Å²) >= 11 is 0. The van der Waals surface area contributed by atoms with Gasteiger partial charge < -0.3 is 9.53 Å². The summed E-state index contributed by atoms with van der Waals surface area (Å²) in [5, 5.41) is 10.3. The number of rotatable bonds is 8. The van der Waals surface area contributed by atoms with Crippen LogP contribution < -0.4 is 0 Å². The largest absolute Gasteiger partial charge is 0.416 e. The Balaban J connectivity index is 4.17. The molecule has 3 heteroatoms. The summed E-state index contributed by atoms with van der Waals surface area (Å²) in [5.41, 5.74) is 0. The van der Waals surface area contributed by atoms with Crippen LogP contribution in [0.5, 0.6) is 0 Å². The second-order valence-corrected chi connectivity index (χ2v) is 11.9. The van der Waals surface area contributed by atoms with E-state index in [9.17, 15) is 5.11 Å². The number of aliphatic hydroxyl groups excluding tert-OH is 1. The lowest BCUT2D eigenvalue weighted by atomic mass is 10.1. The third-order valence-electron chi connectivity index (χ3n) is 4.15. The van der Waals surface area contributed by atoms with Crippen molar-refractivity contribution >= 4 is 8.32 Å². The van der Waals surface area contributed by atoms with Gasteiger partial charge in [0.05, 0.1) is 6.10 Å². The number of hydrogen-bond donors (Lipinski definition) is 1. The Morgan fingerprint density at radius 1 is 1.26 bits per heavy atom. The molecule has 19 heavy (non-hydrogen) atoms. The average Bonchev–Trinajstić information content (AvgIpc) is 2.30. The molecular weight excluding hydrogens is 252 g/mol. The predicted octanol–water partition coefficient (Wildman–Crippen LogP) is 4.75. The smallest absolute Gasteiger partial charge is 0.191 e. The molecule has 0 saturated heterocycles. The van der Waals surface area contributed by atoms with E-state index in [0.717, 1.165) is 6.42 Å². The average molecular weight is 287 g/mol. The molecule has 0 amide bonds. The maximum Gasteiger partial charge on any atom is 0.191 e. The normalized spacial score (nSPS) is 16.8. The van der Waals surface area contributed by atoms with Gasteiger partial charge in [0, 0.05) is 12.5 Å². The lowest BCUT2D eigenvalue weighted by Crippen LogP contribution is -2.42. The van der Waals surface area contributed by atoms with Crippen molar-refractivity contribution in [3.8, 4) is 0 Å². The summed E-state index contributed by atoms with van der Waals surface area (Å²) in [6.07, 6.45) is 7.08. The number of unbranched alkanes of at least 4 members (excludes halogenated alkanes) is 2. The van der Waals surface area contributed by atoms with Gasteiger partial charge in [0.15, 0.2) is 8.32 Å². The van der Waals surface area contributed by atoms with E-state index in [1.54, 1.807) is 0 Å². The second-order valence-electron chi connectivity index (χ2n) is 7.11. The predicted molar refractivity (Wildman–Crippen MR) is 87.0 cm³/mol. The van der Waals surface area contributed by atoms with E-state index in [1.165, 1.54) is 12.8 Å². The van der Waals surface area contributed by atoms with Crippen LogP contribution >= 0.6 is 0 Å². The summed E-state index contributed by atoms with van der Waals surface area (Å²) < 4.78 is 6.15. The first-order valence-electron chi connectivity index (χ1n) is 7.60. The molecule has 0 saturated carbocycles. The molecule has 1 N–H and O–H groups in total. The minimum atomic E-state index is -1.69. The maximum atomic E-state index is 10.1. The van der Waals surface area contributed by atoms with Crippen molar-refractivity contribution < 1.29 is 9.53 Å². The SMILES string of the molecule is CCCC/C=C/C(O)C(C)CO[Si](C)(C)C(C)(C)C. The highest BCUT2D eigenvalue weighted by Gasteiger charge is 2.37. The van der Waals surface area contributed by atoms with Crippen molar-refractivity contribution in [2.24, 2.45) is 5.92 Å². The van der Waals surface area contributed by atoms with E-state index in [0.29, 0.717) is 6.61 Å². The Bertz CT molecular complexity index is 266. The number of aliphatic hydroxyl groups is 1. The topological polar surface area (TPSA) is 29.5 Å². The van der Waals surface area contributed by atoms with Gasteiger partial charge in [-0.1, -0.05) is 59.6 Å². The van der Waals surface area contributed by atoms with Gasteiger partial charge in [-0.3, -0.25) is 0 Å². The molecule has 0 aliphatic carbocycles. The minimum Gasteiger partial charge on any atom is -0.416 e. The van der Waals surface area contributed by atoms with Crippen molar-refractivity contribution in [3.05, 3.63) is 12.2 Å². The van der Waals surface area contributed by atoms with Gasteiger partial charge in [-0.15, -0.1) is 0 Å². The molecule has 0 rings (SSSR count). The first-order valence-corrected chi connectivity index (χ1v) is 10.5. The molecule has 0 radical (unpaired) electrons. The van der Waals surface area contributed by atoms with Crippen LogP contribution in [0, 0.1) is 5.92 Å². The highest BCUT2D eigenvalue weighted by molar-refractivity contribution is 6.74. The molecule has 0 aromatic heterocycles. The van der Waals surface area contributed by atoms with Gasteiger partial charge in [0.2, 0.25) is 0 Å². The Morgan fingerprint density at radius 2 is 1.84 bits per heavy atom. The van der Waals surface area contributed by atoms with Gasteiger partial charge in [-0.25, -0.2) is 0 Å². The summed E-state index contributed by atoms with van der Waals surface area (Å²) in [4.78, 5) is 0. The van der Waals surface area contributed by atoms with E-state index in [-0.39, 0.29) is 17.1 Å². The molecule has 0 fully saturated rings. The van der Waals surface area contributed by atoms with Gasteiger partial charge in [-0.2, -0.15) is 0 Å². The van der Waals surface area contributed by atoms with Crippen molar-refractivity contribution in [1.29, 1.82) is 0 Å². The third kappa shape index (κ3) is 7.28. The monoisotopic (exact) mass is 286 g/mol. The van der Waals surface area contributed by atoms with Crippen molar-refractivity contribution in [2.45, 2.75) is 78.1 Å². The summed E-state index contributed by atoms with van der Waals surface area (Å²) in [7, 11) is -1.69. The van der Waals surface area contributed by atoms with Gasteiger partial charge in [-0.05, 0) is 24.6 Å². The Labute approximate surface area is 121 Å². The zero-order valence-corrected chi connectivity index (χ0v) is 15.0. The standard InChI is InChI=1S/C16H34O2Si/c1-8-9-10-11-12-15(17)14(2)13-18-19(6,7)16(3,4)5/h11-12,14-15,17H,8-10,13H2,1-7H3/b12-11+. The molecule has 2 unspecified atom stereocenters. The van der Waals surface area contributed by atoms with Crippen LogP contribution in [-0.4, -0.2) is 26.1 Å². The molecule has 0 aromatic rings. The zero-order valence-electron chi connectivity index (χ0n) is 14.0. The highest BCUT2D eigenvalue weighted by atomic mass is 28.4. The Morgan fingerprint density at radius 3 is 2.32 bits per heavy atom. The Kier molecular flexibility index (Phi) is 8.17. The fourth-order valence-electron chi connectivity index (χ4n) is 1.40. The molecule has 0 aliphatic heterocycles. The van der Waals surface area contributed by atoms with Crippen LogP contribution in [0.1, 0.15) is 53.9 Å². The van der Waals surface area contributed by atoms with Gasteiger partial charge in [0.25, 0.3) is 0 Å². The minimum absolute atomic E-state index is 0.159. The van der Waals surface area contributed by atoms with Crippen LogP contribution in [0.15, 0.2) is 12.2 Å². The maximum absolute atomic E-state index is 10.1. The summed E-state index contributed by atoms with van der Waals surface area (Å²) in [6.45, 7) is 16.1. The lowest BCUT2D eigenvalue weighted by molar-refractivity contribution is 0.114. The fraction of sp³-hybridized carbons (Fsp3) is 0.875. The van der Waals surface area contributed by atoms with Crippen molar-refractivity contribution in [3.63, 3.8) is 0 Å². The van der Waals surface area contributed by atoms with Crippen LogP contribution in [-0.2, 0) is 4.43 Å². The zero-order chi connectivity index (χ0) is 15.1. The van der Waals surface area contributed by atoms with Crippen LogP contribution in [0.25, 0.3) is 0 Å². The molecule has 2 nitrogen and oxygen atoms in total. The van der Waals surface area contributed by atoms with Crippen molar-refractivity contribution in [1.82, 2.24) is 0 Å². The van der Waals surface area contributed by atoms with Crippen LogP contribution in [0.3, 0.4) is 0 Å². The van der Waals surface area contributed by atoms with E-state index >= 15 is 0 Å². The van der Waals surface area contributed by atoms with Gasteiger partial charge >= 0.3 is 0 Å².